The van der Waals surface area contributed by atoms with Crippen molar-refractivity contribution in [2.24, 2.45) is 0 Å². The molecule has 0 aliphatic rings. The lowest BCUT2D eigenvalue weighted by Gasteiger charge is -2.21. The third-order valence-electron chi connectivity index (χ3n) is 4.98. The molecule has 0 radical (unpaired) electrons. The van der Waals surface area contributed by atoms with Crippen molar-refractivity contribution in [1.82, 2.24) is 19.7 Å². The molecule has 1 atom stereocenters. The summed E-state index contributed by atoms with van der Waals surface area (Å²) in [5, 5.41) is 6.10. The van der Waals surface area contributed by atoms with Crippen molar-refractivity contribution in [1.29, 1.82) is 0 Å². The Balaban J connectivity index is 1.97. The number of halogens is 7. The van der Waals surface area contributed by atoms with Gasteiger partial charge in [-0.25, -0.2) is 14.3 Å². The molecule has 0 fully saturated rings. The Labute approximate surface area is 209 Å². The average Bonchev–Trinajstić information content (AvgIpc) is 3.10. The number of rotatable bonds is 7. The second kappa shape index (κ2) is 10.7. The molecule has 37 heavy (non-hydrogen) atoms. The molecule has 198 valence electrons. The molecule has 0 saturated carbocycles. The molecule has 1 aromatic heterocycles. The minimum atomic E-state index is -4.88. The van der Waals surface area contributed by atoms with E-state index in [4.69, 9.17) is 11.6 Å². The highest BCUT2D eigenvalue weighted by atomic mass is 35.5. The first kappa shape index (κ1) is 27.8. The average molecular weight is 551 g/mol. The number of aromatic nitrogens is 3. The Kier molecular flexibility index (Phi) is 8.00. The highest BCUT2D eigenvalue weighted by Crippen LogP contribution is 2.35. The lowest BCUT2D eigenvalue weighted by atomic mass is 9.99. The Hall–Kier alpha value is -3.81. The van der Waals surface area contributed by atoms with Crippen LogP contribution in [0.25, 0.3) is 11.4 Å². The van der Waals surface area contributed by atoms with Gasteiger partial charge in [0.2, 0.25) is 5.91 Å². The Morgan fingerprint density at radius 1 is 1.05 bits per heavy atom. The van der Waals surface area contributed by atoms with E-state index in [0.717, 1.165) is 19.2 Å². The molecule has 0 spiro atoms. The summed E-state index contributed by atoms with van der Waals surface area (Å²) in [6, 6.07) is 7.31. The Morgan fingerprint density at radius 3 is 2.24 bits per heavy atom. The van der Waals surface area contributed by atoms with Gasteiger partial charge < -0.3 is 10.1 Å². The Morgan fingerprint density at radius 2 is 1.68 bits per heavy atom. The molecule has 2 aromatic carbocycles. The van der Waals surface area contributed by atoms with E-state index in [-0.39, 0.29) is 15.2 Å². The molecular formula is C22H17ClF6N4O4. The second-order valence-corrected chi connectivity index (χ2v) is 8.02. The van der Waals surface area contributed by atoms with E-state index in [9.17, 15) is 40.7 Å². The van der Waals surface area contributed by atoms with Crippen LogP contribution in [0, 0.1) is 0 Å². The first-order chi connectivity index (χ1) is 17.2. The quantitative estimate of drug-likeness (QED) is 0.355. The van der Waals surface area contributed by atoms with Crippen LogP contribution in [-0.4, -0.2) is 39.5 Å². The summed E-state index contributed by atoms with van der Waals surface area (Å²) in [6.45, 7) is -2.74. The van der Waals surface area contributed by atoms with Crippen molar-refractivity contribution in [3.63, 3.8) is 0 Å². The molecule has 0 saturated heterocycles. The molecule has 1 heterocycles. The number of carbonyl (C=O) groups excluding carboxylic acids is 2. The predicted octanol–water partition coefficient (Wildman–Crippen LogP) is 3.98. The smallest absolute Gasteiger partial charge is 0.416 e. The number of ether oxygens (including phenoxy) is 1. The zero-order valence-electron chi connectivity index (χ0n) is 18.7. The van der Waals surface area contributed by atoms with Crippen LogP contribution in [0.2, 0.25) is 5.02 Å². The van der Waals surface area contributed by atoms with Gasteiger partial charge in [0.1, 0.15) is 13.1 Å². The monoisotopic (exact) mass is 550 g/mol. The number of hydrogen-bond acceptors (Lipinski definition) is 5. The topological polar surface area (TPSA) is 95.2 Å². The molecular weight excluding hydrogens is 534 g/mol. The van der Waals surface area contributed by atoms with E-state index < -0.39 is 66.0 Å². The fourth-order valence-electron chi connectivity index (χ4n) is 3.41. The van der Waals surface area contributed by atoms with Crippen molar-refractivity contribution in [3.05, 3.63) is 75.2 Å². The van der Waals surface area contributed by atoms with Crippen molar-refractivity contribution >= 4 is 23.5 Å². The lowest BCUT2D eigenvalue weighted by Crippen LogP contribution is -2.40. The summed E-state index contributed by atoms with van der Waals surface area (Å²) in [5.41, 5.74) is -3.09. The standard InChI is InChI=1S/C22H17ClF6N4O4/c1-37-19(35)17(14-4-2-3-5-15(14)22(27,28)29)30-16(34)10-33-20(36)32(11-21(24,25)26)18(31-33)12-6-8-13(23)9-7-12/h2-9,17H,10-11H2,1H3,(H,30,34). The van der Waals surface area contributed by atoms with E-state index in [1.165, 1.54) is 30.3 Å². The van der Waals surface area contributed by atoms with Crippen LogP contribution in [0.5, 0.6) is 0 Å². The molecule has 1 N–H and O–H groups in total. The highest BCUT2D eigenvalue weighted by Gasteiger charge is 2.38. The van der Waals surface area contributed by atoms with Crippen LogP contribution in [-0.2, 0) is 33.6 Å². The van der Waals surface area contributed by atoms with Gasteiger partial charge in [-0.2, -0.15) is 26.3 Å². The Bertz CT molecular complexity index is 1350. The van der Waals surface area contributed by atoms with E-state index in [0.29, 0.717) is 10.7 Å². The van der Waals surface area contributed by atoms with E-state index >= 15 is 0 Å². The number of carbonyl (C=O) groups is 2. The number of hydrogen-bond donors (Lipinski definition) is 1. The molecule has 0 aliphatic heterocycles. The van der Waals surface area contributed by atoms with E-state index in [1.807, 2.05) is 5.32 Å². The van der Waals surface area contributed by atoms with Gasteiger partial charge in [-0.05, 0) is 35.9 Å². The van der Waals surface area contributed by atoms with Crippen molar-refractivity contribution in [2.45, 2.75) is 31.5 Å². The van der Waals surface area contributed by atoms with Crippen LogP contribution >= 0.6 is 11.6 Å². The van der Waals surface area contributed by atoms with Crippen molar-refractivity contribution in [2.75, 3.05) is 7.11 Å². The number of benzene rings is 2. The summed E-state index contributed by atoms with van der Waals surface area (Å²) in [6.07, 6.45) is -9.70. The third-order valence-corrected chi connectivity index (χ3v) is 5.23. The molecule has 0 aliphatic carbocycles. The van der Waals surface area contributed by atoms with Gasteiger partial charge in [0, 0.05) is 10.6 Å². The molecule has 1 amide bonds. The summed E-state index contributed by atoms with van der Waals surface area (Å²) < 4.78 is 85.0. The maximum Gasteiger partial charge on any atom is 0.416 e. The lowest BCUT2D eigenvalue weighted by molar-refractivity contribution is -0.147. The number of nitrogens with one attached hydrogen (secondary N) is 1. The van der Waals surface area contributed by atoms with Gasteiger partial charge in [0.05, 0.1) is 12.7 Å². The van der Waals surface area contributed by atoms with Gasteiger partial charge in [-0.15, -0.1) is 5.10 Å². The number of esters is 1. The van der Waals surface area contributed by atoms with Gasteiger partial charge in [-0.3, -0.25) is 9.36 Å². The van der Waals surface area contributed by atoms with Gasteiger partial charge in [0.25, 0.3) is 0 Å². The van der Waals surface area contributed by atoms with Crippen LogP contribution in [0.15, 0.2) is 53.3 Å². The SMILES string of the molecule is COC(=O)C(NC(=O)Cn1nc(-c2ccc(Cl)cc2)n(CC(F)(F)F)c1=O)c1ccccc1C(F)(F)F. The van der Waals surface area contributed by atoms with E-state index in [1.54, 1.807) is 0 Å². The summed E-state index contributed by atoms with van der Waals surface area (Å²) in [7, 11) is 0.888. The predicted molar refractivity (Wildman–Crippen MR) is 117 cm³/mol. The summed E-state index contributed by atoms with van der Waals surface area (Å²) in [5.74, 6) is -2.87. The van der Waals surface area contributed by atoms with Crippen LogP contribution in [0.1, 0.15) is 17.2 Å². The second-order valence-electron chi connectivity index (χ2n) is 7.58. The van der Waals surface area contributed by atoms with Crippen molar-refractivity contribution in [3.8, 4) is 11.4 Å². The molecule has 1 unspecified atom stereocenters. The number of amides is 1. The van der Waals surface area contributed by atoms with Crippen LogP contribution < -0.4 is 11.0 Å². The maximum absolute atomic E-state index is 13.5. The first-order valence-corrected chi connectivity index (χ1v) is 10.6. The van der Waals surface area contributed by atoms with Crippen LogP contribution in [0.3, 0.4) is 0 Å². The third kappa shape index (κ3) is 6.70. The highest BCUT2D eigenvalue weighted by molar-refractivity contribution is 6.30. The molecule has 3 rings (SSSR count). The van der Waals surface area contributed by atoms with Gasteiger partial charge in [0.15, 0.2) is 11.9 Å². The minimum Gasteiger partial charge on any atom is -0.467 e. The van der Waals surface area contributed by atoms with Gasteiger partial charge >= 0.3 is 24.0 Å². The molecule has 0 bridgehead atoms. The summed E-state index contributed by atoms with van der Waals surface area (Å²) >= 11 is 5.79. The maximum atomic E-state index is 13.5. The minimum absolute atomic E-state index is 0.0800. The molecule has 15 heteroatoms. The fraction of sp³-hybridized carbons (Fsp3) is 0.273. The van der Waals surface area contributed by atoms with E-state index in [2.05, 4.69) is 9.84 Å². The molecule has 8 nitrogen and oxygen atoms in total. The normalized spacial score (nSPS) is 12.8. The van der Waals surface area contributed by atoms with Gasteiger partial charge in [-0.1, -0.05) is 29.8 Å². The fourth-order valence-corrected chi connectivity index (χ4v) is 3.54. The summed E-state index contributed by atoms with van der Waals surface area (Å²) in [4.78, 5) is 37.6. The zero-order valence-corrected chi connectivity index (χ0v) is 19.5. The number of methoxy groups -OCH3 is 1. The molecule has 3 aromatic rings. The zero-order chi connectivity index (χ0) is 27.5. The largest absolute Gasteiger partial charge is 0.467 e. The number of nitrogens with zero attached hydrogens (tertiary/aromatic N) is 3. The first-order valence-electron chi connectivity index (χ1n) is 10.2. The van der Waals surface area contributed by atoms with Crippen LogP contribution in [0.4, 0.5) is 26.3 Å². The number of alkyl halides is 6. The van der Waals surface area contributed by atoms with Crippen molar-refractivity contribution < 1.29 is 40.7 Å².